The first kappa shape index (κ1) is 14.0. The monoisotopic (exact) mass is 285 g/mol. The molecular formula is C14H14ClF2NO. The summed E-state index contributed by atoms with van der Waals surface area (Å²) in [4.78, 5) is 0. The molecule has 1 atom stereocenters. The standard InChI is InChI=1S/C14H14ClF2NO/c1-2-18-12(13-5-6-14(15)19-13)8-9-3-4-10(16)11(17)7-9/h3-7,12,18H,2,8H2,1H3. The van der Waals surface area contributed by atoms with Crippen LogP contribution in [0.4, 0.5) is 8.78 Å². The van der Waals surface area contributed by atoms with Crippen molar-refractivity contribution < 1.29 is 13.2 Å². The second kappa shape index (κ2) is 6.17. The fourth-order valence-electron chi connectivity index (χ4n) is 1.94. The minimum Gasteiger partial charge on any atom is -0.448 e. The SMILES string of the molecule is CCNC(Cc1ccc(F)c(F)c1)c1ccc(Cl)o1. The molecule has 0 bridgehead atoms. The van der Waals surface area contributed by atoms with E-state index in [1.807, 2.05) is 6.92 Å². The van der Waals surface area contributed by atoms with Gasteiger partial charge in [-0.1, -0.05) is 13.0 Å². The van der Waals surface area contributed by atoms with Gasteiger partial charge in [0.05, 0.1) is 6.04 Å². The van der Waals surface area contributed by atoms with Gasteiger partial charge < -0.3 is 9.73 Å². The first-order valence-corrected chi connectivity index (χ1v) is 6.40. The number of hydrogen-bond acceptors (Lipinski definition) is 2. The van der Waals surface area contributed by atoms with Crippen molar-refractivity contribution in [2.45, 2.75) is 19.4 Å². The Kier molecular flexibility index (Phi) is 4.56. The number of halogens is 3. The van der Waals surface area contributed by atoms with E-state index in [2.05, 4.69) is 5.32 Å². The van der Waals surface area contributed by atoms with Gasteiger partial charge in [0.2, 0.25) is 0 Å². The van der Waals surface area contributed by atoms with Gasteiger partial charge in [0.15, 0.2) is 16.9 Å². The summed E-state index contributed by atoms with van der Waals surface area (Å²) in [5.74, 6) is -1.01. The summed E-state index contributed by atoms with van der Waals surface area (Å²) in [5.41, 5.74) is 0.692. The molecule has 5 heteroatoms. The fourth-order valence-corrected chi connectivity index (χ4v) is 2.09. The predicted octanol–water partition coefficient (Wildman–Crippen LogP) is 4.10. The van der Waals surface area contributed by atoms with Crippen LogP contribution >= 0.6 is 11.6 Å². The van der Waals surface area contributed by atoms with Gasteiger partial charge in [-0.05, 0) is 54.4 Å². The highest BCUT2D eigenvalue weighted by molar-refractivity contribution is 6.28. The second-order valence-corrected chi connectivity index (χ2v) is 4.58. The Hall–Kier alpha value is -1.39. The Labute approximate surface area is 115 Å². The molecule has 1 N–H and O–H groups in total. The van der Waals surface area contributed by atoms with Crippen LogP contribution in [0.2, 0.25) is 5.22 Å². The molecule has 2 aromatic rings. The van der Waals surface area contributed by atoms with Crippen molar-refractivity contribution in [3.05, 3.63) is 58.5 Å². The normalized spacial score (nSPS) is 12.6. The van der Waals surface area contributed by atoms with Gasteiger partial charge in [-0.15, -0.1) is 0 Å². The molecule has 0 aliphatic carbocycles. The number of benzene rings is 1. The number of nitrogens with one attached hydrogen (secondary N) is 1. The maximum absolute atomic E-state index is 13.2. The Bertz CT molecular complexity index is 556. The van der Waals surface area contributed by atoms with E-state index in [-0.39, 0.29) is 6.04 Å². The van der Waals surface area contributed by atoms with Gasteiger partial charge in [0.25, 0.3) is 0 Å². The highest BCUT2D eigenvalue weighted by Gasteiger charge is 2.16. The lowest BCUT2D eigenvalue weighted by Crippen LogP contribution is -2.22. The van der Waals surface area contributed by atoms with Crippen LogP contribution in [0.3, 0.4) is 0 Å². The molecule has 2 rings (SSSR count). The molecule has 1 heterocycles. The zero-order chi connectivity index (χ0) is 13.8. The van der Waals surface area contributed by atoms with E-state index in [0.717, 1.165) is 12.6 Å². The van der Waals surface area contributed by atoms with Gasteiger partial charge in [-0.25, -0.2) is 8.78 Å². The fraction of sp³-hybridized carbons (Fsp3) is 0.286. The molecule has 0 radical (unpaired) electrons. The third-order valence-electron chi connectivity index (χ3n) is 2.81. The van der Waals surface area contributed by atoms with Crippen LogP contribution in [0.15, 0.2) is 34.7 Å². The van der Waals surface area contributed by atoms with Crippen LogP contribution in [0.1, 0.15) is 24.3 Å². The Balaban J connectivity index is 2.18. The van der Waals surface area contributed by atoms with Crippen molar-refractivity contribution in [3.63, 3.8) is 0 Å². The first-order valence-electron chi connectivity index (χ1n) is 6.02. The highest BCUT2D eigenvalue weighted by atomic mass is 35.5. The molecule has 0 amide bonds. The summed E-state index contributed by atoms with van der Waals surface area (Å²) in [6.07, 6.45) is 0.495. The van der Waals surface area contributed by atoms with Crippen molar-refractivity contribution >= 4 is 11.6 Å². The van der Waals surface area contributed by atoms with Gasteiger partial charge in [0, 0.05) is 0 Å². The molecule has 1 unspecified atom stereocenters. The lowest BCUT2D eigenvalue weighted by atomic mass is 10.0. The average molecular weight is 286 g/mol. The summed E-state index contributed by atoms with van der Waals surface area (Å²) in [7, 11) is 0. The Morgan fingerprint density at radius 2 is 2.00 bits per heavy atom. The topological polar surface area (TPSA) is 25.2 Å². The van der Waals surface area contributed by atoms with Crippen molar-refractivity contribution in [2.24, 2.45) is 0 Å². The molecule has 0 spiro atoms. The second-order valence-electron chi connectivity index (χ2n) is 4.20. The number of hydrogen-bond donors (Lipinski definition) is 1. The summed E-state index contributed by atoms with van der Waals surface area (Å²) < 4.78 is 31.4. The highest BCUT2D eigenvalue weighted by Crippen LogP contribution is 2.23. The van der Waals surface area contributed by atoms with Crippen molar-refractivity contribution in [2.75, 3.05) is 6.54 Å². The van der Waals surface area contributed by atoms with Gasteiger partial charge >= 0.3 is 0 Å². The Morgan fingerprint density at radius 1 is 1.21 bits per heavy atom. The average Bonchev–Trinajstić information content (AvgIpc) is 2.80. The molecule has 0 aliphatic rings. The van der Waals surface area contributed by atoms with E-state index in [9.17, 15) is 8.78 Å². The van der Waals surface area contributed by atoms with E-state index in [1.54, 1.807) is 18.2 Å². The van der Waals surface area contributed by atoms with Gasteiger partial charge in [-0.2, -0.15) is 0 Å². The maximum Gasteiger partial charge on any atom is 0.193 e. The Morgan fingerprint density at radius 3 is 2.58 bits per heavy atom. The van der Waals surface area contributed by atoms with Crippen LogP contribution in [0.25, 0.3) is 0 Å². The smallest absolute Gasteiger partial charge is 0.193 e. The van der Waals surface area contributed by atoms with Crippen LogP contribution in [-0.2, 0) is 6.42 Å². The lowest BCUT2D eigenvalue weighted by molar-refractivity contribution is 0.416. The van der Waals surface area contributed by atoms with Crippen molar-refractivity contribution in [3.8, 4) is 0 Å². The number of likely N-dealkylation sites (N-methyl/N-ethyl adjacent to an activating group) is 1. The van der Waals surface area contributed by atoms with Crippen molar-refractivity contribution in [1.82, 2.24) is 5.32 Å². The van der Waals surface area contributed by atoms with E-state index in [4.69, 9.17) is 16.0 Å². The number of rotatable bonds is 5. The zero-order valence-electron chi connectivity index (χ0n) is 10.4. The third-order valence-corrected chi connectivity index (χ3v) is 3.01. The number of furan rings is 1. The lowest BCUT2D eigenvalue weighted by Gasteiger charge is -2.15. The van der Waals surface area contributed by atoms with Gasteiger partial charge in [-0.3, -0.25) is 0 Å². The summed E-state index contributed by atoms with van der Waals surface area (Å²) in [6, 6.07) is 7.20. The van der Waals surface area contributed by atoms with Crippen LogP contribution < -0.4 is 5.32 Å². The quantitative estimate of drug-likeness (QED) is 0.894. The summed E-state index contributed by atoms with van der Waals surface area (Å²) in [5, 5.41) is 3.53. The van der Waals surface area contributed by atoms with E-state index in [0.29, 0.717) is 23.0 Å². The zero-order valence-corrected chi connectivity index (χ0v) is 11.2. The minimum absolute atomic E-state index is 0.123. The largest absolute Gasteiger partial charge is 0.448 e. The molecule has 1 aromatic carbocycles. The van der Waals surface area contributed by atoms with E-state index >= 15 is 0 Å². The molecule has 0 fully saturated rings. The van der Waals surface area contributed by atoms with Gasteiger partial charge in [0.1, 0.15) is 5.76 Å². The van der Waals surface area contributed by atoms with Crippen LogP contribution in [0, 0.1) is 11.6 Å². The van der Waals surface area contributed by atoms with Crippen LogP contribution in [0.5, 0.6) is 0 Å². The molecule has 2 nitrogen and oxygen atoms in total. The molecule has 0 aliphatic heterocycles. The summed E-state index contributed by atoms with van der Waals surface area (Å²) in [6.45, 7) is 2.69. The molecule has 19 heavy (non-hydrogen) atoms. The van der Waals surface area contributed by atoms with E-state index in [1.165, 1.54) is 6.07 Å². The maximum atomic E-state index is 13.2. The molecule has 0 saturated heterocycles. The molecule has 102 valence electrons. The molecule has 0 saturated carbocycles. The van der Waals surface area contributed by atoms with Crippen molar-refractivity contribution in [1.29, 1.82) is 0 Å². The molecular weight excluding hydrogens is 272 g/mol. The van der Waals surface area contributed by atoms with Crippen LogP contribution in [-0.4, -0.2) is 6.54 Å². The minimum atomic E-state index is -0.843. The van der Waals surface area contributed by atoms with E-state index < -0.39 is 11.6 Å². The molecule has 1 aromatic heterocycles. The first-order chi connectivity index (χ1) is 9.10. The summed E-state index contributed by atoms with van der Waals surface area (Å²) >= 11 is 5.75. The predicted molar refractivity (Wildman–Crippen MR) is 70.2 cm³/mol. The third kappa shape index (κ3) is 3.55.